The van der Waals surface area contributed by atoms with Crippen LogP contribution in [0.2, 0.25) is 0 Å². The number of halogens is 1. The lowest BCUT2D eigenvalue weighted by atomic mass is 10.2. The smallest absolute Gasteiger partial charge is 0.252 e. The fraction of sp³-hybridized carbons (Fsp3) is 0.364. The molecule has 0 aliphatic heterocycles. The highest BCUT2D eigenvalue weighted by Crippen LogP contribution is 2.22. The minimum absolute atomic E-state index is 0.0835. The van der Waals surface area contributed by atoms with Crippen molar-refractivity contribution in [3.63, 3.8) is 0 Å². The topological polar surface area (TPSA) is 38.3 Å². The molecular formula is C11H14BrNO2S. The van der Waals surface area contributed by atoms with E-state index in [1.54, 1.807) is 24.9 Å². The summed E-state index contributed by atoms with van der Waals surface area (Å²) in [5, 5.41) is 2.85. The second-order valence-corrected chi connectivity index (χ2v) is 4.93. The number of carbonyl (C=O) groups excluding carboxylic acids is 1. The highest BCUT2D eigenvalue weighted by molar-refractivity contribution is 9.10. The van der Waals surface area contributed by atoms with Gasteiger partial charge in [-0.1, -0.05) is 0 Å². The molecule has 0 saturated carbocycles. The number of amides is 1. The van der Waals surface area contributed by atoms with Gasteiger partial charge < -0.3 is 10.1 Å². The zero-order valence-electron chi connectivity index (χ0n) is 9.25. The van der Waals surface area contributed by atoms with Crippen molar-refractivity contribution in [1.82, 2.24) is 5.32 Å². The van der Waals surface area contributed by atoms with Crippen LogP contribution in [-0.4, -0.2) is 31.6 Å². The average Bonchev–Trinajstić information content (AvgIpc) is 2.30. The van der Waals surface area contributed by atoms with Gasteiger partial charge in [-0.05, 0) is 40.4 Å². The Morgan fingerprint density at radius 1 is 1.56 bits per heavy atom. The van der Waals surface area contributed by atoms with E-state index in [1.165, 1.54) is 0 Å². The van der Waals surface area contributed by atoms with Crippen LogP contribution in [0.5, 0.6) is 5.75 Å². The first-order chi connectivity index (χ1) is 7.69. The number of ether oxygens (including phenoxy) is 1. The summed E-state index contributed by atoms with van der Waals surface area (Å²) in [4.78, 5) is 11.8. The van der Waals surface area contributed by atoms with Crippen molar-refractivity contribution >= 4 is 33.6 Å². The minimum Gasteiger partial charge on any atom is -0.497 e. The first-order valence-electron chi connectivity index (χ1n) is 4.79. The molecule has 0 spiro atoms. The molecule has 0 atom stereocenters. The maximum Gasteiger partial charge on any atom is 0.252 e. The lowest BCUT2D eigenvalue weighted by Gasteiger charge is -2.08. The molecule has 0 radical (unpaired) electrons. The van der Waals surface area contributed by atoms with Gasteiger partial charge in [-0.15, -0.1) is 0 Å². The van der Waals surface area contributed by atoms with Crippen molar-refractivity contribution in [3.05, 3.63) is 28.2 Å². The van der Waals surface area contributed by atoms with Crippen LogP contribution in [0.15, 0.2) is 22.7 Å². The zero-order valence-corrected chi connectivity index (χ0v) is 11.7. The third kappa shape index (κ3) is 3.72. The lowest BCUT2D eigenvalue weighted by molar-refractivity contribution is 0.0955. The van der Waals surface area contributed by atoms with E-state index in [9.17, 15) is 4.79 Å². The molecule has 1 rings (SSSR count). The molecular weight excluding hydrogens is 290 g/mol. The molecule has 0 saturated heterocycles. The van der Waals surface area contributed by atoms with Crippen LogP contribution >= 0.6 is 27.7 Å². The normalized spacial score (nSPS) is 9.94. The Morgan fingerprint density at radius 3 is 2.94 bits per heavy atom. The van der Waals surface area contributed by atoms with Crippen LogP contribution in [0.1, 0.15) is 10.4 Å². The van der Waals surface area contributed by atoms with E-state index >= 15 is 0 Å². The Labute approximate surface area is 108 Å². The van der Waals surface area contributed by atoms with Gasteiger partial charge in [-0.25, -0.2) is 0 Å². The Balaban J connectivity index is 2.73. The third-order valence-corrected chi connectivity index (χ3v) is 3.31. The van der Waals surface area contributed by atoms with Crippen LogP contribution in [0, 0.1) is 0 Å². The molecule has 88 valence electrons. The number of hydrogen-bond donors (Lipinski definition) is 1. The van der Waals surface area contributed by atoms with Crippen LogP contribution in [0.25, 0.3) is 0 Å². The standard InChI is InChI=1S/C11H14BrNO2S/c1-15-8-3-4-10(12)9(7-8)11(14)13-5-6-16-2/h3-4,7H,5-6H2,1-2H3,(H,13,14). The van der Waals surface area contributed by atoms with Crippen LogP contribution in [0.4, 0.5) is 0 Å². The number of benzene rings is 1. The molecule has 16 heavy (non-hydrogen) atoms. The summed E-state index contributed by atoms with van der Waals surface area (Å²) in [5.41, 5.74) is 0.598. The summed E-state index contributed by atoms with van der Waals surface area (Å²) in [6, 6.07) is 5.34. The number of methoxy groups -OCH3 is 1. The summed E-state index contributed by atoms with van der Waals surface area (Å²) in [7, 11) is 1.58. The molecule has 5 heteroatoms. The van der Waals surface area contributed by atoms with Gasteiger partial charge in [0.15, 0.2) is 0 Å². The van der Waals surface area contributed by atoms with Crippen molar-refractivity contribution in [2.45, 2.75) is 0 Å². The highest BCUT2D eigenvalue weighted by Gasteiger charge is 2.10. The predicted molar refractivity (Wildman–Crippen MR) is 71.4 cm³/mol. The molecule has 0 heterocycles. The van der Waals surface area contributed by atoms with Gasteiger partial charge in [0.2, 0.25) is 0 Å². The Hall–Kier alpha value is -0.680. The maximum atomic E-state index is 11.8. The summed E-state index contributed by atoms with van der Waals surface area (Å²) >= 11 is 5.05. The van der Waals surface area contributed by atoms with Gasteiger partial charge in [-0.3, -0.25) is 4.79 Å². The molecule has 0 unspecified atom stereocenters. The van der Waals surface area contributed by atoms with Gasteiger partial charge in [0.1, 0.15) is 5.75 Å². The predicted octanol–water partition coefficient (Wildman–Crippen LogP) is 2.55. The van der Waals surface area contributed by atoms with E-state index in [-0.39, 0.29) is 5.91 Å². The van der Waals surface area contributed by atoms with Gasteiger partial charge in [0, 0.05) is 16.8 Å². The Morgan fingerprint density at radius 2 is 2.31 bits per heavy atom. The fourth-order valence-corrected chi connectivity index (χ4v) is 1.90. The maximum absolute atomic E-state index is 11.8. The second-order valence-electron chi connectivity index (χ2n) is 3.09. The molecule has 3 nitrogen and oxygen atoms in total. The van der Waals surface area contributed by atoms with Crippen LogP contribution < -0.4 is 10.1 Å². The summed E-state index contributed by atoms with van der Waals surface area (Å²) in [6.07, 6.45) is 2.01. The monoisotopic (exact) mass is 303 g/mol. The van der Waals surface area contributed by atoms with Gasteiger partial charge in [0.25, 0.3) is 5.91 Å². The summed E-state index contributed by atoms with van der Waals surface area (Å²) < 4.78 is 5.85. The van der Waals surface area contributed by atoms with Crippen molar-refractivity contribution in [2.75, 3.05) is 25.7 Å². The molecule has 1 aromatic rings. The number of carbonyl (C=O) groups is 1. The van der Waals surface area contributed by atoms with Gasteiger partial charge in [0.05, 0.1) is 12.7 Å². The van der Waals surface area contributed by atoms with Crippen molar-refractivity contribution < 1.29 is 9.53 Å². The molecule has 0 aliphatic carbocycles. The summed E-state index contributed by atoms with van der Waals surface area (Å²) in [6.45, 7) is 0.670. The van der Waals surface area contributed by atoms with Crippen LogP contribution in [-0.2, 0) is 0 Å². The Bertz CT molecular complexity index is 371. The SMILES string of the molecule is COc1ccc(Br)c(C(=O)NCCSC)c1. The number of rotatable bonds is 5. The quantitative estimate of drug-likeness (QED) is 0.850. The largest absolute Gasteiger partial charge is 0.497 e. The van der Waals surface area contributed by atoms with Crippen molar-refractivity contribution in [3.8, 4) is 5.75 Å². The average molecular weight is 304 g/mol. The van der Waals surface area contributed by atoms with E-state index < -0.39 is 0 Å². The molecule has 1 aromatic carbocycles. The summed E-state index contributed by atoms with van der Waals surface area (Å²) in [5.74, 6) is 1.51. The van der Waals surface area contributed by atoms with E-state index in [4.69, 9.17) is 4.74 Å². The van der Waals surface area contributed by atoms with E-state index in [1.807, 2.05) is 18.4 Å². The van der Waals surface area contributed by atoms with Crippen LogP contribution in [0.3, 0.4) is 0 Å². The van der Waals surface area contributed by atoms with Gasteiger partial charge >= 0.3 is 0 Å². The molecule has 0 fully saturated rings. The number of thioether (sulfide) groups is 1. The molecule has 1 N–H and O–H groups in total. The molecule has 0 bridgehead atoms. The van der Waals surface area contributed by atoms with E-state index in [2.05, 4.69) is 21.2 Å². The lowest BCUT2D eigenvalue weighted by Crippen LogP contribution is -2.26. The molecule has 0 aromatic heterocycles. The number of hydrogen-bond acceptors (Lipinski definition) is 3. The Kier molecular flexibility index (Phi) is 5.69. The zero-order chi connectivity index (χ0) is 12.0. The highest BCUT2D eigenvalue weighted by atomic mass is 79.9. The first kappa shape index (κ1) is 13.4. The second kappa shape index (κ2) is 6.81. The van der Waals surface area contributed by atoms with E-state index in [0.717, 1.165) is 10.2 Å². The minimum atomic E-state index is -0.0835. The van der Waals surface area contributed by atoms with Crippen molar-refractivity contribution in [1.29, 1.82) is 0 Å². The third-order valence-electron chi connectivity index (χ3n) is 2.01. The number of nitrogens with one attached hydrogen (secondary N) is 1. The van der Waals surface area contributed by atoms with Gasteiger partial charge in [-0.2, -0.15) is 11.8 Å². The molecule has 0 aliphatic rings. The first-order valence-corrected chi connectivity index (χ1v) is 6.98. The fourth-order valence-electron chi connectivity index (χ4n) is 1.17. The van der Waals surface area contributed by atoms with E-state index in [0.29, 0.717) is 17.9 Å². The molecule has 1 amide bonds. The van der Waals surface area contributed by atoms with Crippen molar-refractivity contribution in [2.24, 2.45) is 0 Å².